The van der Waals surface area contributed by atoms with Crippen molar-refractivity contribution in [2.45, 2.75) is 45.8 Å². The van der Waals surface area contributed by atoms with Gasteiger partial charge in [0.15, 0.2) is 0 Å². The standard InChI is InChI=1S/C16H26N2O2/c1-15(2,3)20-14(19)17-11-12-18-16(4,5)13-9-7-6-8-10-13/h6-10,18H,11-12H2,1-5H3,(H,17,19). The second-order valence-electron chi connectivity index (χ2n) is 6.35. The van der Waals surface area contributed by atoms with E-state index in [1.165, 1.54) is 5.56 Å². The van der Waals surface area contributed by atoms with Crippen LogP contribution in [0.3, 0.4) is 0 Å². The summed E-state index contributed by atoms with van der Waals surface area (Å²) < 4.78 is 5.18. The fraction of sp³-hybridized carbons (Fsp3) is 0.562. The number of nitrogens with one attached hydrogen (secondary N) is 2. The van der Waals surface area contributed by atoms with Crippen molar-refractivity contribution >= 4 is 6.09 Å². The molecule has 0 aromatic heterocycles. The molecular weight excluding hydrogens is 252 g/mol. The number of ether oxygens (including phenoxy) is 1. The van der Waals surface area contributed by atoms with Gasteiger partial charge < -0.3 is 15.4 Å². The van der Waals surface area contributed by atoms with Crippen molar-refractivity contribution in [3.63, 3.8) is 0 Å². The minimum Gasteiger partial charge on any atom is -0.444 e. The highest BCUT2D eigenvalue weighted by Gasteiger charge is 2.19. The van der Waals surface area contributed by atoms with Crippen LogP contribution in [0.2, 0.25) is 0 Å². The lowest BCUT2D eigenvalue weighted by atomic mass is 9.94. The van der Waals surface area contributed by atoms with Crippen LogP contribution in [0.15, 0.2) is 30.3 Å². The van der Waals surface area contributed by atoms with Crippen LogP contribution >= 0.6 is 0 Å². The van der Waals surface area contributed by atoms with Crippen molar-refractivity contribution in [3.8, 4) is 0 Å². The van der Waals surface area contributed by atoms with Crippen molar-refractivity contribution in [3.05, 3.63) is 35.9 Å². The zero-order valence-electron chi connectivity index (χ0n) is 13.1. The molecule has 4 nitrogen and oxygen atoms in total. The zero-order chi connectivity index (χ0) is 15.2. The largest absolute Gasteiger partial charge is 0.444 e. The molecule has 0 spiro atoms. The highest BCUT2D eigenvalue weighted by atomic mass is 16.6. The third-order valence-electron chi connectivity index (χ3n) is 2.86. The van der Waals surface area contributed by atoms with Crippen molar-refractivity contribution in [1.82, 2.24) is 10.6 Å². The fourth-order valence-corrected chi connectivity index (χ4v) is 1.81. The zero-order valence-corrected chi connectivity index (χ0v) is 13.1. The van der Waals surface area contributed by atoms with E-state index in [0.717, 1.165) is 0 Å². The fourth-order valence-electron chi connectivity index (χ4n) is 1.81. The van der Waals surface area contributed by atoms with Crippen LogP contribution in [0, 0.1) is 0 Å². The molecular formula is C16H26N2O2. The molecule has 0 bridgehead atoms. The lowest BCUT2D eigenvalue weighted by Gasteiger charge is -2.27. The van der Waals surface area contributed by atoms with Gasteiger partial charge in [-0.05, 0) is 40.2 Å². The molecule has 0 heterocycles. The molecule has 0 atom stereocenters. The molecule has 1 aromatic rings. The molecule has 1 aromatic carbocycles. The third kappa shape index (κ3) is 6.06. The average molecular weight is 278 g/mol. The predicted octanol–water partition coefficient (Wildman–Crippen LogP) is 3.04. The van der Waals surface area contributed by atoms with Crippen LogP contribution < -0.4 is 10.6 Å². The number of rotatable bonds is 5. The van der Waals surface area contributed by atoms with E-state index in [1.807, 2.05) is 39.0 Å². The number of alkyl carbamates (subject to hydrolysis) is 1. The number of carbonyl (C=O) groups excluding carboxylic acids is 1. The first-order valence-electron chi connectivity index (χ1n) is 6.98. The van der Waals surface area contributed by atoms with Gasteiger partial charge in [-0.3, -0.25) is 0 Å². The predicted molar refractivity (Wildman–Crippen MR) is 81.7 cm³/mol. The van der Waals surface area contributed by atoms with Gasteiger partial charge in [-0.2, -0.15) is 0 Å². The SMILES string of the molecule is CC(C)(C)OC(=O)NCCNC(C)(C)c1ccccc1. The van der Waals surface area contributed by atoms with E-state index < -0.39 is 5.60 Å². The molecule has 2 N–H and O–H groups in total. The van der Waals surface area contributed by atoms with Gasteiger partial charge in [0.2, 0.25) is 0 Å². The molecule has 0 aliphatic heterocycles. The van der Waals surface area contributed by atoms with E-state index in [2.05, 4.69) is 36.6 Å². The Balaban J connectivity index is 2.32. The smallest absolute Gasteiger partial charge is 0.407 e. The minimum absolute atomic E-state index is 0.128. The lowest BCUT2D eigenvalue weighted by molar-refractivity contribution is 0.0527. The summed E-state index contributed by atoms with van der Waals surface area (Å²) in [4.78, 5) is 11.5. The average Bonchev–Trinajstić information content (AvgIpc) is 2.34. The van der Waals surface area contributed by atoms with Crippen molar-refractivity contribution in [2.75, 3.05) is 13.1 Å². The summed E-state index contributed by atoms with van der Waals surface area (Å²) in [7, 11) is 0. The van der Waals surface area contributed by atoms with Gasteiger partial charge in [0.1, 0.15) is 5.60 Å². The molecule has 0 saturated heterocycles. The number of amides is 1. The van der Waals surface area contributed by atoms with Crippen LogP contribution in [-0.4, -0.2) is 24.8 Å². The van der Waals surface area contributed by atoms with Gasteiger partial charge in [0, 0.05) is 18.6 Å². The van der Waals surface area contributed by atoms with E-state index in [9.17, 15) is 4.79 Å². The van der Waals surface area contributed by atoms with Crippen LogP contribution in [0.1, 0.15) is 40.2 Å². The summed E-state index contributed by atoms with van der Waals surface area (Å²) >= 11 is 0. The van der Waals surface area contributed by atoms with Gasteiger partial charge in [-0.25, -0.2) is 4.79 Å². The maximum atomic E-state index is 11.5. The number of benzene rings is 1. The summed E-state index contributed by atoms with van der Waals surface area (Å²) in [5.41, 5.74) is 0.634. The first-order chi connectivity index (χ1) is 9.21. The Labute approximate surface area is 121 Å². The molecule has 1 amide bonds. The number of hydrogen-bond donors (Lipinski definition) is 2. The highest BCUT2D eigenvalue weighted by Crippen LogP contribution is 2.18. The third-order valence-corrected chi connectivity index (χ3v) is 2.86. The van der Waals surface area contributed by atoms with E-state index in [0.29, 0.717) is 13.1 Å². The van der Waals surface area contributed by atoms with Crippen LogP contribution in [0.25, 0.3) is 0 Å². The molecule has 0 fully saturated rings. The van der Waals surface area contributed by atoms with E-state index in [1.54, 1.807) is 0 Å². The molecule has 20 heavy (non-hydrogen) atoms. The number of carbonyl (C=O) groups is 1. The molecule has 0 radical (unpaired) electrons. The Morgan fingerprint density at radius 3 is 2.20 bits per heavy atom. The van der Waals surface area contributed by atoms with Gasteiger partial charge in [0.25, 0.3) is 0 Å². The Bertz CT molecular complexity index is 422. The summed E-state index contributed by atoms with van der Waals surface area (Å²) in [6.45, 7) is 11.0. The molecule has 1 rings (SSSR count). The normalized spacial score (nSPS) is 12.1. The highest BCUT2D eigenvalue weighted by molar-refractivity contribution is 5.67. The maximum absolute atomic E-state index is 11.5. The Kier molecular flexibility index (Phi) is 5.57. The molecule has 0 saturated carbocycles. The second-order valence-corrected chi connectivity index (χ2v) is 6.35. The van der Waals surface area contributed by atoms with Crippen LogP contribution in [-0.2, 0) is 10.3 Å². The second kappa shape index (κ2) is 6.75. The van der Waals surface area contributed by atoms with Crippen LogP contribution in [0.5, 0.6) is 0 Å². The monoisotopic (exact) mass is 278 g/mol. The van der Waals surface area contributed by atoms with E-state index in [4.69, 9.17) is 4.74 Å². The summed E-state index contributed by atoms with van der Waals surface area (Å²) in [5, 5.41) is 6.16. The van der Waals surface area contributed by atoms with Crippen molar-refractivity contribution in [1.29, 1.82) is 0 Å². The number of hydrogen-bond acceptors (Lipinski definition) is 3. The lowest BCUT2D eigenvalue weighted by Crippen LogP contribution is -2.42. The van der Waals surface area contributed by atoms with Crippen molar-refractivity contribution in [2.24, 2.45) is 0 Å². The molecule has 0 unspecified atom stereocenters. The minimum atomic E-state index is -0.458. The molecule has 112 valence electrons. The Hall–Kier alpha value is -1.55. The molecule has 4 heteroatoms. The molecule has 0 aliphatic carbocycles. The quantitative estimate of drug-likeness (QED) is 0.814. The van der Waals surface area contributed by atoms with Crippen LogP contribution in [0.4, 0.5) is 4.79 Å². The van der Waals surface area contributed by atoms with Gasteiger partial charge in [-0.1, -0.05) is 30.3 Å². The molecule has 0 aliphatic rings. The topological polar surface area (TPSA) is 50.4 Å². The first-order valence-corrected chi connectivity index (χ1v) is 6.98. The summed E-state index contributed by atoms with van der Waals surface area (Å²) in [6.07, 6.45) is -0.378. The first kappa shape index (κ1) is 16.5. The summed E-state index contributed by atoms with van der Waals surface area (Å²) in [5.74, 6) is 0. The van der Waals surface area contributed by atoms with E-state index >= 15 is 0 Å². The van der Waals surface area contributed by atoms with Gasteiger partial charge in [0.05, 0.1) is 0 Å². The van der Waals surface area contributed by atoms with Gasteiger partial charge >= 0.3 is 6.09 Å². The van der Waals surface area contributed by atoms with Gasteiger partial charge in [-0.15, -0.1) is 0 Å². The maximum Gasteiger partial charge on any atom is 0.407 e. The Morgan fingerprint density at radius 2 is 1.65 bits per heavy atom. The summed E-state index contributed by atoms with van der Waals surface area (Å²) in [6, 6.07) is 10.2. The van der Waals surface area contributed by atoms with E-state index in [-0.39, 0.29) is 11.6 Å². The Morgan fingerprint density at radius 1 is 1.05 bits per heavy atom. The van der Waals surface area contributed by atoms with Crippen molar-refractivity contribution < 1.29 is 9.53 Å².